The van der Waals surface area contributed by atoms with Crippen LogP contribution in [0.5, 0.6) is 0 Å². The van der Waals surface area contributed by atoms with E-state index in [4.69, 9.17) is 4.84 Å². The lowest BCUT2D eigenvalue weighted by Crippen LogP contribution is -2.29. The van der Waals surface area contributed by atoms with Crippen molar-refractivity contribution in [2.24, 2.45) is 5.41 Å². The third kappa shape index (κ3) is 4.33. The fourth-order valence-corrected chi connectivity index (χ4v) is 3.22. The molecule has 0 atom stereocenters. The zero-order chi connectivity index (χ0) is 18.7. The maximum Gasteiger partial charge on any atom is 0.277 e. The van der Waals surface area contributed by atoms with Crippen molar-refractivity contribution in [3.05, 3.63) is 56.9 Å². The summed E-state index contributed by atoms with van der Waals surface area (Å²) in [7, 11) is 0. The van der Waals surface area contributed by atoms with E-state index < -0.39 is 11.7 Å². The van der Waals surface area contributed by atoms with E-state index in [2.05, 4.69) is 33.4 Å². The quantitative estimate of drug-likeness (QED) is 0.424. The Morgan fingerprint density at radius 3 is 2.77 bits per heavy atom. The van der Waals surface area contributed by atoms with Gasteiger partial charge < -0.3 is 10.4 Å². The number of carbonyl (C=O) groups excluding carboxylic acids is 1. The number of anilines is 2. The van der Waals surface area contributed by atoms with Crippen LogP contribution < -0.4 is 10.8 Å². The first kappa shape index (κ1) is 19.1. The molecule has 0 aliphatic heterocycles. The summed E-state index contributed by atoms with van der Waals surface area (Å²) in [6.07, 6.45) is 1.75. The number of nitrogens with one attached hydrogen (secondary N) is 2. The molecule has 3 N–H and O–H groups in total. The number of carbonyl (C=O) groups is 1. The number of para-hydroxylation sites is 1. The van der Waals surface area contributed by atoms with Gasteiger partial charge in [-0.05, 0) is 78.3 Å². The monoisotopic (exact) mass is 470 g/mol. The van der Waals surface area contributed by atoms with Crippen molar-refractivity contribution in [1.29, 1.82) is 0 Å². The molecule has 2 aromatic carbocycles. The molecule has 0 spiro atoms. The largest absolute Gasteiger partial charge is 0.396 e. The summed E-state index contributed by atoms with van der Waals surface area (Å²) in [6, 6.07) is 10.0. The first-order valence-corrected chi connectivity index (χ1v) is 9.37. The Bertz CT molecular complexity index is 824. The van der Waals surface area contributed by atoms with Crippen molar-refractivity contribution >= 4 is 39.9 Å². The zero-order valence-electron chi connectivity index (χ0n) is 14.3. The molecule has 26 heavy (non-hydrogen) atoms. The van der Waals surface area contributed by atoms with Gasteiger partial charge in [-0.25, -0.2) is 9.87 Å². The minimum absolute atomic E-state index is 0.0295. The Kier molecular flexibility index (Phi) is 5.79. The van der Waals surface area contributed by atoms with Gasteiger partial charge in [0.2, 0.25) is 0 Å². The predicted octanol–water partition coefficient (Wildman–Crippen LogP) is 3.92. The summed E-state index contributed by atoms with van der Waals surface area (Å²) < 4.78 is 15.4. The molecule has 1 amide bonds. The summed E-state index contributed by atoms with van der Waals surface area (Å²) in [4.78, 5) is 17.7. The third-order valence-corrected chi connectivity index (χ3v) is 5.21. The third-order valence-electron chi connectivity index (χ3n) is 4.54. The van der Waals surface area contributed by atoms with Crippen molar-refractivity contribution in [2.45, 2.75) is 19.8 Å². The molecule has 0 aromatic heterocycles. The van der Waals surface area contributed by atoms with Gasteiger partial charge in [0.15, 0.2) is 0 Å². The second kappa shape index (κ2) is 7.89. The highest BCUT2D eigenvalue weighted by Gasteiger charge is 2.42. The van der Waals surface area contributed by atoms with Crippen molar-refractivity contribution in [1.82, 2.24) is 5.48 Å². The van der Waals surface area contributed by atoms with Gasteiger partial charge in [0.1, 0.15) is 5.82 Å². The van der Waals surface area contributed by atoms with Gasteiger partial charge in [-0.3, -0.25) is 9.63 Å². The van der Waals surface area contributed by atoms with Gasteiger partial charge in [-0.15, -0.1) is 0 Å². The van der Waals surface area contributed by atoms with E-state index in [-0.39, 0.29) is 29.9 Å². The lowest BCUT2D eigenvalue weighted by atomic mass is 10.1. The van der Waals surface area contributed by atoms with E-state index >= 15 is 0 Å². The molecule has 0 unspecified atom stereocenters. The first-order chi connectivity index (χ1) is 12.4. The molecule has 1 saturated carbocycles. The number of benzene rings is 2. The second-order valence-corrected chi connectivity index (χ2v) is 7.87. The van der Waals surface area contributed by atoms with Gasteiger partial charge in [0.25, 0.3) is 5.91 Å². The van der Waals surface area contributed by atoms with Crippen LogP contribution in [0.1, 0.15) is 28.8 Å². The van der Waals surface area contributed by atoms with Gasteiger partial charge in [-0.1, -0.05) is 6.07 Å². The number of amides is 1. The fourth-order valence-electron chi connectivity index (χ4n) is 2.58. The average Bonchev–Trinajstić information content (AvgIpc) is 3.39. The van der Waals surface area contributed by atoms with Gasteiger partial charge >= 0.3 is 0 Å². The summed E-state index contributed by atoms with van der Waals surface area (Å²) >= 11 is 2.21. The SMILES string of the molecule is Cc1cc(I)ccc1Nc1c(F)cccc1C(=O)NOCC1(CO)CC1. The minimum Gasteiger partial charge on any atom is -0.396 e. The molecule has 0 bridgehead atoms. The minimum atomic E-state index is -0.538. The van der Waals surface area contributed by atoms with Crippen LogP contribution in [-0.4, -0.2) is 24.2 Å². The van der Waals surface area contributed by atoms with Crippen molar-refractivity contribution in [3.63, 3.8) is 0 Å². The maximum atomic E-state index is 14.4. The number of aliphatic hydroxyl groups excluding tert-OH is 1. The maximum absolute atomic E-state index is 14.4. The molecule has 2 aromatic rings. The molecule has 1 aliphatic rings. The molecule has 0 radical (unpaired) electrons. The van der Waals surface area contributed by atoms with Crippen LogP contribution >= 0.6 is 22.6 Å². The predicted molar refractivity (Wildman–Crippen MR) is 106 cm³/mol. The summed E-state index contributed by atoms with van der Waals surface area (Å²) in [6.45, 7) is 2.18. The smallest absolute Gasteiger partial charge is 0.277 e. The summed E-state index contributed by atoms with van der Waals surface area (Å²) in [5.41, 5.74) is 4.03. The van der Waals surface area contributed by atoms with Crippen LogP contribution in [0.2, 0.25) is 0 Å². The van der Waals surface area contributed by atoms with Gasteiger partial charge in [0.05, 0.1) is 24.5 Å². The number of halogens is 2. The van der Waals surface area contributed by atoms with Crippen molar-refractivity contribution in [3.8, 4) is 0 Å². The normalized spacial score (nSPS) is 14.8. The van der Waals surface area contributed by atoms with Crippen LogP contribution in [0, 0.1) is 21.7 Å². The Balaban J connectivity index is 1.75. The van der Waals surface area contributed by atoms with Crippen molar-refractivity contribution < 1.29 is 19.1 Å². The topological polar surface area (TPSA) is 70.6 Å². The van der Waals surface area contributed by atoms with Crippen LogP contribution in [0.15, 0.2) is 36.4 Å². The fraction of sp³-hybridized carbons (Fsp3) is 0.316. The van der Waals surface area contributed by atoms with E-state index in [0.29, 0.717) is 0 Å². The van der Waals surface area contributed by atoms with E-state index in [1.165, 1.54) is 18.2 Å². The van der Waals surface area contributed by atoms with E-state index in [1.807, 2.05) is 25.1 Å². The van der Waals surface area contributed by atoms with E-state index in [0.717, 1.165) is 27.7 Å². The van der Waals surface area contributed by atoms with Crippen LogP contribution in [0.3, 0.4) is 0 Å². The summed E-state index contributed by atoms with van der Waals surface area (Å²) in [5, 5.41) is 12.3. The second-order valence-electron chi connectivity index (χ2n) is 6.62. The number of hydroxylamine groups is 1. The molecule has 0 heterocycles. The van der Waals surface area contributed by atoms with Gasteiger partial charge in [-0.2, -0.15) is 0 Å². The number of rotatable bonds is 7. The highest BCUT2D eigenvalue weighted by atomic mass is 127. The Labute approximate surface area is 165 Å². The van der Waals surface area contributed by atoms with Crippen molar-refractivity contribution in [2.75, 3.05) is 18.5 Å². The Morgan fingerprint density at radius 1 is 1.35 bits per heavy atom. The Hall–Kier alpha value is -1.71. The number of aliphatic hydroxyl groups is 1. The number of hydrogen-bond donors (Lipinski definition) is 3. The molecule has 1 aliphatic carbocycles. The molecule has 7 heteroatoms. The van der Waals surface area contributed by atoms with Crippen LogP contribution in [-0.2, 0) is 4.84 Å². The molecule has 138 valence electrons. The molecule has 5 nitrogen and oxygen atoms in total. The zero-order valence-corrected chi connectivity index (χ0v) is 16.5. The first-order valence-electron chi connectivity index (χ1n) is 8.29. The van der Waals surface area contributed by atoms with E-state index in [9.17, 15) is 14.3 Å². The Morgan fingerprint density at radius 2 is 2.12 bits per heavy atom. The number of aryl methyl sites for hydroxylation is 1. The average molecular weight is 470 g/mol. The molecular weight excluding hydrogens is 450 g/mol. The van der Waals surface area contributed by atoms with Crippen LogP contribution in [0.25, 0.3) is 0 Å². The van der Waals surface area contributed by atoms with E-state index in [1.54, 1.807) is 0 Å². The standard InChI is InChI=1S/C19H20FIN2O3/c1-12-9-13(21)5-6-16(12)22-17-14(3-2-4-15(17)20)18(25)23-26-11-19(10-24)7-8-19/h2-6,9,22,24H,7-8,10-11H2,1H3,(H,23,25). The molecular formula is C19H20FIN2O3. The number of hydrogen-bond acceptors (Lipinski definition) is 4. The van der Waals surface area contributed by atoms with Crippen LogP contribution in [0.4, 0.5) is 15.8 Å². The molecule has 1 fully saturated rings. The molecule has 3 rings (SSSR count). The lowest BCUT2D eigenvalue weighted by Gasteiger charge is -2.16. The highest BCUT2D eigenvalue weighted by Crippen LogP contribution is 2.44. The van der Waals surface area contributed by atoms with Gasteiger partial charge in [0, 0.05) is 14.7 Å². The summed E-state index contributed by atoms with van der Waals surface area (Å²) in [5.74, 6) is -1.06. The highest BCUT2D eigenvalue weighted by molar-refractivity contribution is 14.1. The molecule has 0 saturated heterocycles. The lowest BCUT2D eigenvalue weighted by molar-refractivity contribution is -0.0000352.